The second kappa shape index (κ2) is 8.90. The number of benzene rings is 1. The molecule has 1 aliphatic carbocycles. The number of hydrazine groups is 1. The highest BCUT2D eigenvalue weighted by molar-refractivity contribution is 5.96. The Balaban J connectivity index is 1.55. The standard InChI is InChI=1S/C23H30N6O3/c1-13-11-28(12-25-14(2)15(3)30)23(32)21-9-20(27-29(13)21)18-7-4-16(10-24)8-19(18)26-22(31)17-5-6-17/h4,7-9,13-15,17,20,25,27,30H,5-6,11-12H2,1-3H3,(H,26,31). The van der Waals surface area contributed by atoms with Crippen molar-refractivity contribution in [1.29, 1.82) is 5.26 Å². The number of fused-ring (bicyclic) bond motifs is 1. The number of nitriles is 1. The Hall–Kier alpha value is -2.93. The third-order valence-corrected chi connectivity index (χ3v) is 6.35. The van der Waals surface area contributed by atoms with Crippen LogP contribution in [0.3, 0.4) is 0 Å². The van der Waals surface area contributed by atoms with E-state index in [0.717, 1.165) is 18.4 Å². The number of rotatable bonds is 7. The van der Waals surface area contributed by atoms with E-state index in [0.29, 0.717) is 30.2 Å². The minimum Gasteiger partial charge on any atom is -0.392 e. The molecule has 0 aromatic heterocycles. The Kier molecular flexibility index (Phi) is 6.20. The van der Waals surface area contributed by atoms with Gasteiger partial charge in [0.15, 0.2) is 0 Å². The number of hydrogen-bond donors (Lipinski definition) is 4. The first-order valence-corrected chi connectivity index (χ1v) is 11.1. The van der Waals surface area contributed by atoms with Crippen LogP contribution in [0.2, 0.25) is 0 Å². The molecule has 0 spiro atoms. The average molecular weight is 439 g/mol. The van der Waals surface area contributed by atoms with E-state index in [1.807, 2.05) is 31.0 Å². The second-order valence-corrected chi connectivity index (χ2v) is 8.97. The number of amides is 2. The van der Waals surface area contributed by atoms with E-state index in [2.05, 4.69) is 22.1 Å². The molecule has 4 unspecified atom stereocenters. The first-order chi connectivity index (χ1) is 15.3. The molecule has 170 valence electrons. The van der Waals surface area contributed by atoms with Crippen LogP contribution in [0.4, 0.5) is 5.69 Å². The molecule has 1 saturated heterocycles. The van der Waals surface area contributed by atoms with Crippen LogP contribution in [0, 0.1) is 17.2 Å². The third-order valence-electron chi connectivity index (χ3n) is 6.35. The van der Waals surface area contributed by atoms with E-state index >= 15 is 0 Å². The molecule has 32 heavy (non-hydrogen) atoms. The van der Waals surface area contributed by atoms with Gasteiger partial charge in [-0.1, -0.05) is 6.07 Å². The molecular formula is C23H30N6O3. The molecule has 2 fully saturated rings. The van der Waals surface area contributed by atoms with E-state index in [1.165, 1.54) is 0 Å². The fourth-order valence-electron chi connectivity index (χ4n) is 3.99. The maximum atomic E-state index is 13.1. The lowest BCUT2D eigenvalue weighted by molar-refractivity contribution is -0.134. The molecule has 9 heteroatoms. The van der Waals surface area contributed by atoms with E-state index < -0.39 is 6.10 Å². The van der Waals surface area contributed by atoms with Crippen LogP contribution < -0.4 is 16.1 Å². The molecule has 1 aromatic carbocycles. The van der Waals surface area contributed by atoms with Gasteiger partial charge in [-0.15, -0.1) is 0 Å². The number of aliphatic hydroxyl groups excluding tert-OH is 1. The number of carbonyl (C=O) groups excluding carboxylic acids is 2. The van der Waals surface area contributed by atoms with Crippen molar-refractivity contribution in [2.24, 2.45) is 5.92 Å². The second-order valence-electron chi connectivity index (χ2n) is 8.97. The van der Waals surface area contributed by atoms with Crippen molar-refractivity contribution in [2.75, 3.05) is 18.5 Å². The van der Waals surface area contributed by atoms with Gasteiger partial charge in [-0.2, -0.15) is 5.26 Å². The average Bonchev–Trinajstić information content (AvgIpc) is 3.53. The molecule has 2 amide bonds. The third kappa shape index (κ3) is 4.48. The van der Waals surface area contributed by atoms with Gasteiger partial charge in [-0.3, -0.25) is 19.9 Å². The van der Waals surface area contributed by atoms with Crippen molar-refractivity contribution in [2.45, 2.75) is 57.8 Å². The van der Waals surface area contributed by atoms with Crippen molar-refractivity contribution >= 4 is 17.5 Å². The number of nitrogens with zero attached hydrogens (tertiary/aromatic N) is 3. The number of hydrogen-bond acceptors (Lipinski definition) is 7. The minimum absolute atomic E-state index is 0.0290. The lowest BCUT2D eigenvalue weighted by atomic mass is 10.0. The summed E-state index contributed by atoms with van der Waals surface area (Å²) in [5.74, 6) is -0.0826. The van der Waals surface area contributed by atoms with Crippen LogP contribution in [-0.4, -0.2) is 58.2 Å². The molecule has 4 rings (SSSR count). The van der Waals surface area contributed by atoms with Gasteiger partial charge in [-0.05, 0) is 57.4 Å². The van der Waals surface area contributed by atoms with Crippen LogP contribution in [-0.2, 0) is 9.59 Å². The van der Waals surface area contributed by atoms with Crippen LogP contribution in [0.1, 0.15) is 50.8 Å². The summed E-state index contributed by atoms with van der Waals surface area (Å²) in [7, 11) is 0. The molecule has 1 aromatic rings. The SMILES string of the molecule is CC(O)C(C)NCN1CC(C)N2NC(c3ccc(C#N)cc3NC(=O)C3CC3)C=C2C1=O. The van der Waals surface area contributed by atoms with Gasteiger partial charge in [0.1, 0.15) is 5.70 Å². The fourth-order valence-corrected chi connectivity index (χ4v) is 3.99. The van der Waals surface area contributed by atoms with Crippen molar-refractivity contribution < 1.29 is 14.7 Å². The van der Waals surface area contributed by atoms with Gasteiger partial charge >= 0.3 is 0 Å². The topological polar surface area (TPSA) is 121 Å². The molecule has 4 N–H and O–H groups in total. The quantitative estimate of drug-likeness (QED) is 0.505. The van der Waals surface area contributed by atoms with Crippen molar-refractivity contribution in [3.63, 3.8) is 0 Å². The smallest absolute Gasteiger partial charge is 0.272 e. The highest BCUT2D eigenvalue weighted by atomic mass is 16.3. The summed E-state index contributed by atoms with van der Waals surface area (Å²) in [5.41, 5.74) is 5.83. The van der Waals surface area contributed by atoms with Gasteiger partial charge in [-0.25, -0.2) is 5.43 Å². The van der Waals surface area contributed by atoms with Crippen molar-refractivity contribution in [1.82, 2.24) is 20.7 Å². The largest absolute Gasteiger partial charge is 0.392 e. The maximum absolute atomic E-state index is 13.1. The van der Waals surface area contributed by atoms with Gasteiger partial charge in [0.25, 0.3) is 5.91 Å². The lowest BCUT2D eigenvalue weighted by Crippen LogP contribution is -2.58. The normalized spacial score (nSPS) is 24.5. The number of aliphatic hydroxyl groups is 1. The Morgan fingerprint density at radius 2 is 2.12 bits per heavy atom. The van der Waals surface area contributed by atoms with Crippen molar-refractivity contribution in [3.05, 3.63) is 41.1 Å². The van der Waals surface area contributed by atoms with E-state index in [-0.39, 0.29) is 35.9 Å². The summed E-state index contributed by atoms with van der Waals surface area (Å²) in [5, 5.41) is 27.0. The summed E-state index contributed by atoms with van der Waals surface area (Å²) < 4.78 is 0. The number of anilines is 1. The molecule has 2 aliphatic heterocycles. The Morgan fingerprint density at radius 1 is 1.38 bits per heavy atom. The Bertz CT molecular complexity index is 980. The lowest BCUT2D eigenvalue weighted by Gasteiger charge is -2.40. The number of nitrogens with one attached hydrogen (secondary N) is 3. The first-order valence-electron chi connectivity index (χ1n) is 11.1. The zero-order valence-corrected chi connectivity index (χ0v) is 18.6. The summed E-state index contributed by atoms with van der Waals surface area (Å²) in [4.78, 5) is 27.3. The number of carbonyl (C=O) groups is 2. The summed E-state index contributed by atoms with van der Waals surface area (Å²) in [6.07, 6.45) is 3.14. The van der Waals surface area contributed by atoms with Gasteiger partial charge in [0, 0.05) is 24.2 Å². The summed E-state index contributed by atoms with van der Waals surface area (Å²) >= 11 is 0. The minimum atomic E-state index is -0.513. The fraction of sp³-hybridized carbons (Fsp3) is 0.522. The molecule has 4 atom stereocenters. The molecule has 9 nitrogen and oxygen atoms in total. The molecular weight excluding hydrogens is 408 g/mol. The zero-order valence-electron chi connectivity index (χ0n) is 18.6. The van der Waals surface area contributed by atoms with Crippen LogP contribution >= 0.6 is 0 Å². The predicted molar refractivity (Wildman–Crippen MR) is 119 cm³/mol. The maximum Gasteiger partial charge on any atom is 0.272 e. The van der Waals surface area contributed by atoms with Crippen molar-refractivity contribution in [3.8, 4) is 6.07 Å². The Morgan fingerprint density at radius 3 is 2.78 bits per heavy atom. The van der Waals surface area contributed by atoms with Gasteiger partial charge < -0.3 is 15.3 Å². The van der Waals surface area contributed by atoms with Crippen LogP contribution in [0.25, 0.3) is 0 Å². The Labute approximate surface area is 188 Å². The predicted octanol–water partition coefficient (Wildman–Crippen LogP) is 1.20. The highest BCUT2D eigenvalue weighted by Gasteiger charge is 2.40. The summed E-state index contributed by atoms with van der Waals surface area (Å²) in [6, 6.07) is 6.96. The van der Waals surface area contributed by atoms with E-state index in [1.54, 1.807) is 24.0 Å². The van der Waals surface area contributed by atoms with E-state index in [4.69, 9.17) is 0 Å². The van der Waals surface area contributed by atoms with E-state index in [9.17, 15) is 20.0 Å². The first kappa shape index (κ1) is 22.3. The molecule has 2 heterocycles. The summed E-state index contributed by atoms with van der Waals surface area (Å²) in [6.45, 7) is 6.52. The van der Waals surface area contributed by atoms with Gasteiger partial charge in [0.05, 0.1) is 36.5 Å². The van der Waals surface area contributed by atoms with Crippen LogP contribution in [0.5, 0.6) is 0 Å². The molecule has 0 bridgehead atoms. The molecule has 1 saturated carbocycles. The monoisotopic (exact) mass is 438 g/mol. The van der Waals surface area contributed by atoms with Crippen LogP contribution in [0.15, 0.2) is 30.0 Å². The number of piperazine rings is 1. The van der Waals surface area contributed by atoms with Gasteiger partial charge in [0.2, 0.25) is 5.91 Å². The molecule has 0 radical (unpaired) electrons. The highest BCUT2D eigenvalue weighted by Crippen LogP contribution is 2.35. The molecule has 3 aliphatic rings. The zero-order chi connectivity index (χ0) is 23.0.